The highest BCUT2D eigenvalue weighted by Crippen LogP contribution is 2.43. The van der Waals surface area contributed by atoms with E-state index in [2.05, 4.69) is 4.72 Å². The molecule has 0 unspecified atom stereocenters. The lowest BCUT2D eigenvalue weighted by Crippen LogP contribution is -2.28. The molecule has 3 aromatic rings. The molecule has 0 saturated carbocycles. The Hall–Kier alpha value is -2.84. The zero-order valence-corrected chi connectivity index (χ0v) is 19.6. The first kappa shape index (κ1) is 22.4. The Morgan fingerprint density at radius 3 is 2.38 bits per heavy atom. The van der Waals surface area contributed by atoms with Crippen LogP contribution in [-0.2, 0) is 14.8 Å². The lowest BCUT2D eigenvalue weighted by molar-refractivity contribution is -0.115. The van der Waals surface area contributed by atoms with Gasteiger partial charge in [-0.3, -0.25) is 14.4 Å². The fraction of sp³-hybridized carbons (Fsp3) is 0.208. The number of anilines is 2. The highest BCUT2D eigenvalue weighted by atomic mass is 32.2. The fourth-order valence-corrected chi connectivity index (χ4v) is 6.79. The Balaban J connectivity index is 1.67. The van der Waals surface area contributed by atoms with E-state index in [1.54, 1.807) is 50.2 Å². The molecule has 32 heavy (non-hydrogen) atoms. The number of hydrogen-bond acceptors (Lipinski definition) is 4. The summed E-state index contributed by atoms with van der Waals surface area (Å²) in [6.45, 7) is 5.48. The summed E-state index contributed by atoms with van der Waals surface area (Å²) in [6, 6.07) is 16.7. The van der Waals surface area contributed by atoms with Crippen molar-refractivity contribution in [3.8, 4) is 0 Å². The van der Waals surface area contributed by atoms with Gasteiger partial charge in [0.1, 0.15) is 11.2 Å². The van der Waals surface area contributed by atoms with Crippen LogP contribution in [0.4, 0.5) is 15.8 Å². The van der Waals surface area contributed by atoms with Gasteiger partial charge in [0.25, 0.3) is 10.0 Å². The van der Waals surface area contributed by atoms with E-state index in [1.807, 2.05) is 25.1 Å². The van der Waals surface area contributed by atoms with Gasteiger partial charge in [-0.2, -0.15) is 0 Å². The Morgan fingerprint density at radius 2 is 1.69 bits per heavy atom. The minimum absolute atomic E-state index is 0.193. The van der Waals surface area contributed by atoms with Gasteiger partial charge in [0.15, 0.2) is 0 Å². The average molecular weight is 471 g/mol. The quantitative estimate of drug-likeness (QED) is 0.547. The number of para-hydroxylation sites is 1. The number of aryl methyl sites for hydroxylation is 3. The van der Waals surface area contributed by atoms with Gasteiger partial charge in [0, 0.05) is 5.69 Å². The van der Waals surface area contributed by atoms with Crippen molar-refractivity contribution < 1.29 is 17.6 Å². The molecule has 0 bridgehead atoms. The molecular formula is C24H23FN2O3S2. The summed E-state index contributed by atoms with van der Waals surface area (Å²) in [5.41, 5.74) is 3.65. The number of benzene rings is 3. The molecule has 1 N–H and O–H groups in total. The highest BCUT2D eigenvalue weighted by molar-refractivity contribution is 8.00. The van der Waals surface area contributed by atoms with Crippen molar-refractivity contribution >= 4 is 39.1 Å². The first-order valence-electron chi connectivity index (χ1n) is 10.1. The second-order valence-corrected chi connectivity index (χ2v) is 10.5. The van der Waals surface area contributed by atoms with E-state index >= 15 is 0 Å². The fourth-order valence-electron chi connectivity index (χ4n) is 4.13. The molecule has 4 rings (SSSR count). The number of nitrogens with zero attached hydrogens (tertiary/aromatic N) is 1. The molecule has 0 spiro atoms. The van der Waals surface area contributed by atoms with Crippen LogP contribution in [0.15, 0.2) is 65.6 Å². The second kappa shape index (κ2) is 8.60. The van der Waals surface area contributed by atoms with Crippen molar-refractivity contribution in [2.45, 2.75) is 31.0 Å². The zero-order chi connectivity index (χ0) is 23.0. The molecule has 0 aliphatic carbocycles. The third kappa shape index (κ3) is 4.25. The average Bonchev–Trinajstić information content (AvgIpc) is 3.08. The molecule has 0 aromatic heterocycles. The molecule has 1 aliphatic rings. The van der Waals surface area contributed by atoms with Gasteiger partial charge in [-0.05, 0) is 61.7 Å². The summed E-state index contributed by atoms with van der Waals surface area (Å²) in [7, 11) is -3.81. The minimum atomic E-state index is -3.81. The highest BCUT2D eigenvalue weighted by Gasteiger charge is 2.35. The molecule has 1 aliphatic heterocycles. The number of hydrogen-bond donors (Lipinski definition) is 1. The van der Waals surface area contributed by atoms with Gasteiger partial charge in [-0.15, -0.1) is 11.8 Å². The predicted molar refractivity (Wildman–Crippen MR) is 127 cm³/mol. The lowest BCUT2D eigenvalue weighted by Gasteiger charge is -2.25. The van der Waals surface area contributed by atoms with Crippen LogP contribution in [-0.4, -0.2) is 20.1 Å². The van der Waals surface area contributed by atoms with E-state index in [-0.39, 0.29) is 22.2 Å². The summed E-state index contributed by atoms with van der Waals surface area (Å²) in [6.07, 6.45) is 0. The Morgan fingerprint density at radius 1 is 1.00 bits per heavy atom. The molecule has 5 nitrogen and oxygen atoms in total. The number of rotatable bonds is 5. The van der Waals surface area contributed by atoms with E-state index in [1.165, 1.54) is 22.7 Å². The molecule has 3 aromatic carbocycles. The van der Waals surface area contributed by atoms with Gasteiger partial charge in [0.2, 0.25) is 5.91 Å². The van der Waals surface area contributed by atoms with Gasteiger partial charge in [-0.1, -0.05) is 42.0 Å². The number of carbonyl (C=O) groups excluding carboxylic acids is 1. The molecular weight excluding hydrogens is 447 g/mol. The van der Waals surface area contributed by atoms with Crippen LogP contribution >= 0.6 is 11.8 Å². The number of halogens is 1. The first-order chi connectivity index (χ1) is 15.2. The van der Waals surface area contributed by atoms with Crippen molar-refractivity contribution in [3.63, 3.8) is 0 Å². The summed E-state index contributed by atoms with van der Waals surface area (Å²) in [5, 5.41) is -0.452. The van der Waals surface area contributed by atoms with Crippen molar-refractivity contribution in [3.05, 3.63) is 88.7 Å². The van der Waals surface area contributed by atoms with Crippen molar-refractivity contribution in [2.75, 3.05) is 15.4 Å². The summed E-state index contributed by atoms with van der Waals surface area (Å²) in [4.78, 5) is 14.2. The minimum Gasteiger partial charge on any atom is -0.292 e. The van der Waals surface area contributed by atoms with Gasteiger partial charge in [0.05, 0.1) is 16.3 Å². The number of sulfonamides is 1. The van der Waals surface area contributed by atoms with Crippen LogP contribution < -0.4 is 9.62 Å². The maximum Gasteiger partial charge on any atom is 0.262 e. The topological polar surface area (TPSA) is 66.5 Å². The molecule has 8 heteroatoms. The van der Waals surface area contributed by atoms with E-state index < -0.39 is 21.2 Å². The van der Waals surface area contributed by atoms with E-state index in [0.717, 1.165) is 5.56 Å². The SMILES string of the molecule is Cc1cc(C)c(S(=O)(=O)Nc2cccc([C@@H]3SCC(=O)N3c3ccccc3F)c2)c(C)c1. The normalized spacial score (nSPS) is 16.4. The zero-order valence-electron chi connectivity index (χ0n) is 17.9. The van der Waals surface area contributed by atoms with Crippen molar-refractivity contribution in [2.24, 2.45) is 0 Å². The molecule has 166 valence electrons. The van der Waals surface area contributed by atoms with Crippen molar-refractivity contribution in [1.82, 2.24) is 0 Å². The molecule has 1 atom stereocenters. The molecule has 1 saturated heterocycles. The number of nitrogens with one attached hydrogen (secondary N) is 1. The van der Waals surface area contributed by atoms with Crippen LogP contribution in [0.3, 0.4) is 0 Å². The van der Waals surface area contributed by atoms with Crippen LogP contribution in [0.1, 0.15) is 27.6 Å². The van der Waals surface area contributed by atoms with Crippen LogP contribution in [0, 0.1) is 26.6 Å². The van der Waals surface area contributed by atoms with Gasteiger partial charge in [-0.25, -0.2) is 12.8 Å². The van der Waals surface area contributed by atoms with E-state index in [4.69, 9.17) is 0 Å². The Kier molecular flexibility index (Phi) is 6.01. The standard InChI is InChI=1S/C24H23FN2O3S2/c1-15-11-16(2)23(17(3)12-15)32(29,30)26-19-8-6-7-18(13-19)24-27(22(28)14-31-24)21-10-5-4-9-20(21)25/h4-13,24,26H,14H2,1-3H3/t24-/m0/s1. The summed E-state index contributed by atoms with van der Waals surface area (Å²) >= 11 is 1.38. The molecule has 0 radical (unpaired) electrons. The smallest absolute Gasteiger partial charge is 0.262 e. The number of carbonyl (C=O) groups is 1. The number of thioether (sulfide) groups is 1. The number of amides is 1. The Labute approximate surface area is 191 Å². The molecule has 1 heterocycles. The van der Waals surface area contributed by atoms with Crippen LogP contribution in [0.25, 0.3) is 0 Å². The molecule has 1 amide bonds. The second-order valence-electron chi connectivity index (χ2n) is 7.84. The third-order valence-corrected chi connectivity index (χ3v) is 8.18. The van der Waals surface area contributed by atoms with E-state index in [0.29, 0.717) is 22.4 Å². The third-order valence-electron chi connectivity index (χ3n) is 5.28. The van der Waals surface area contributed by atoms with Crippen molar-refractivity contribution in [1.29, 1.82) is 0 Å². The van der Waals surface area contributed by atoms with Crippen LogP contribution in [0.2, 0.25) is 0 Å². The largest absolute Gasteiger partial charge is 0.292 e. The monoisotopic (exact) mass is 470 g/mol. The summed E-state index contributed by atoms with van der Waals surface area (Å²) < 4.78 is 43.3. The lowest BCUT2D eigenvalue weighted by atomic mass is 10.1. The maximum atomic E-state index is 14.4. The van der Waals surface area contributed by atoms with Gasteiger partial charge < -0.3 is 0 Å². The maximum absolute atomic E-state index is 14.4. The van der Waals surface area contributed by atoms with Gasteiger partial charge >= 0.3 is 0 Å². The molecule has 1 fully saturated rings. The van der Waals surface area contributed by atoms with E-state index in [9.17, 15) is 17.6 Å². The van der Waals surface area contributed by atoms with Crippen LogP contribution in [0.5, 0.6) is 0 Å². The first-order valence-corrected chi connectivity index (χ1v) is 12.6. The predicted octanol–water partition coefficient (Wildman–Crippen LogP) is 5.33. The summed E-state index contributed by atoms with van der Waals surface area (Å²) in [5.74, 6) is -0.450. The Bertz CT molecular complexity index is 1290.